The van der Waals surface area contributed by atoms with Gasteiger partial charge in [-0.25, -0.2) is 4.79 Å². The Morgan fingerprint density at radius 2 is 1.53 bits per heavy atom. The minimum absolute atomic E-state index is 0.00764. The van der Waals surface area contributed by atoms with Gasteiger partial charge in [0.05, 0.1) is 0 Å². The van der Waals surface area contributed by atoms with Crippen LogP contribution in [0.15, 0.2) is 24.3 Å². The summed E-state index contributed by atoms with van der Waals surface area (Å²) in [6.07, 6.45) is 7.76. The standard InChI is InChI=1S/C24H36N4O2/c1-3-28(4-2)21-7-5-20(6-8-21)26-22(29)9-10-25-23(30)27-24-14-17-11-18(15-24)13-19(12-17)16-24/h5-8,17-19H,3-4,9-16H2,1-2H3,(H,26,29)(H2,25,27,30). The summed E-state index contributed by atoms with van der Waals surface area (Å²) in [5, 5.41) is 9.10. The number of urea groups is 1. The van der Waals surface area contributed by atoms with Crippen molar-refractivity contribution in [1.82, 2.24) is 10.6 Å². The Morgan fingerprint density at radius 1 is 0.967 bits per heavy atom. The second-order valence-corrected chi connectivity index (χ2v) is 9.60. The van der Waals surface area contributed by atoms with Gasteiger partial charge in [-0.15, -0.1) is 0 Å². The maximum absolute atomic E-state index is 12.5. The minimum atomic E-state index is -0.117. The van der Waals surface area contributed by atoms with Crippen molar-refractivity contribution >= 4 is 23.3 Å². The average molecular weight is 413 g/mol. The van der Waals surface area contributed by atoms with Crippen LogP contribution in [-0.2, 0) is 4.79 Å². The molecular formula is C24H36N4O2. The maximum Gasteiger partial charge on any atom is 0.315 e. The quantitative estimate of drug-likeness (QED) is 0.601. The van der Waals surface area contributed by atoms with Crippen molar-refractivity contribution in [2.75, 3.05) is 29.9 Å². The van der Waals surface area contributed by atoms with Crippen molar-refractivity contribution in [3.8, 4) is 0 Å². The van der Waals surface area contributed by atoms with E-state index in [0.29, 0.717) is 6.54 Å². The molecule has 0 aliphatic heterocycles. The first kappa shape index (κ1) is 21.0. The fraction of sp³-hybridized carbons (Fsp3) is 0.667. The summed E-state index contributed by atoms with van der Waals surface area (Å²) in [7, 11) is 0. The molecule has 0 unspecified atom stereocenters. The summed E-state index contributed by atoms with van der Waals surface area (Å²) >= 11 is 0. The summed E-state index contributed by atoms with van der Waals surface area (Å²) in [4.78, 5) is 27.0. The number of hydrogen-bond acceptors (Lipinski definition) is 3. The first-order valence-corrected chi connectivity index (χ1v) is 11.7. The smallest absolute Gasteiger partial charge is 0.315 e. The van der Waals surface area contributed by atoms with Crippen molar-refractivity contribution in [3.05, 3.63) is 24.3 Å². The highest BCUT2D eigenvalue weighted by atomic mass is 16.2. The van der Waals surface area contributed by atoms with E-state index in [1.54, 1.807) is 0 Å². The molecule has 4 fully saturated rings. The Labute approximate surface area is 180 Å². The Balaban J connectivity index is 1.19. The molecule has 4 aliphatic carbocycles. The van der Waals surface area contributed by atoms with Gasteiger partial charge in [0, 0.05) is 43.0 Å². The van der Waals surface area contributed by atoms with Gasteiger partial charge in [0.1, 0.15) is 0 Å². The van der Waals surface area contributed by atoms with Gasteiger partial charge in [0.2, 0.25) is 5.91 Å². The lowest BCUT2D eigenvalue weighted by Crippen LogP contribution is -2.61. The van der Waals surface area contributed by atoms with Gasteiger partial charge >= 0.3 is 6.03 Å². The van der Waals surface area contributed by atoms with E-state index < -0.39 is 0 Å². The molecule has 1 aromatic rings. The van der Waals surface area contributed by atoms with Crippen LogP contribution < -0.4 is 20.9 Å². The van der Waals surface area contributed by atoms with E-state index in [1.165, 1.54) is 19.3 Å². The summed E-state index contributed by atoms with van der Waals surface area (Å²) < 4.78 is 0. The van der Waals surface area contributed by atoms with Crippen molar-refractivity contribution in [3.63, 3.8) is 0 Å². The molecule has 0 radical (unpaired) electrons. The fourth-order valence-electron chi connectivity index (χ4n) is 6.41. The lowest BCUT2D eigenvalue weighted by molar-refractivity contribution is -0.116. The molecule has 0 aromatic heterocycles. The Hall–Kier alpha value is -2.24. The molecule has 4 aliphatic rings. The second kappa shape index (κ2) is 8.86. The van der Waals surface area contributed by atoms with E-state index in [2.05, 4.69) is 34.7 Å². The number of anilines is 2. The molecular weight excluding hydrogens is 376 g/mol. The molecule has 3 amide bonds. The normalized spacial score (nSPS) is 28.8. The minimum Gasteiger partial charge on any atom is -0.372 e. The SMILES string of the molecule is CCN(CC)c1ccc(NC(=O)CCNC(=O)NC23CC4CC(CC(C4)C2)C3)cc1. The first-order valence-electron chi connectivity index (χ1n) is 11.7. The van der Waals surface area contributed by atoms with Crippen LogP contribution in [0, 0.1) is 17.8 Å². The monoisotopic (exact) mass is 412 g/mol. The second-order valence-electron chi connectivity index (χ2n) is 9.60. The van der Waals surface area contributed by atoms with Crippen molar-refractivity contribution in [2.45, 2.75) is 64.3 Å². The first-order chi connectivity index (χ1) is 14.5. The molecule has 5 rings (SSSR count). The van der Waals surface area contributed by atoms with E-state index in [4.69, 9.17) is 0 Å². The van der Waals surface area contributed by atoms with E-state index in [1.807, 2.05) is 24.3 Å². The Bertz CT molecular complexity index is 722. The predicted octanol–water partition coefficient (Wildman–Crippen LogP) is 4.13. The number of hydrogen-bond donors (Lipinski definition) is 3. The van der Waals surface area contributed by atoms with E-state index in [9.17, 15) is 9.59 Å². The molecule has 6 nitrogen and oxygen atoms in total. The molecule has 0 atom stereocenters. The zero-order chi connectivity index (χ0) is 21.1. The van der Waals surface area contributed by atoms with E-state index in [0.717, 1.165) is 61.5 Å². The average Bonchev–Trinajstić information content (AvgIpc) is 2.68. The molecule has 0 saturated heterocycles. The van der Waals surface area contributed by atoms with Crippen LogP contribution in [0.5, 0.6) is 0 Å². The third-order valence-electron chi connectivity index (χ3n) is 7.33. The van der Waals surface area contributed by atoms with Crippen LogP contribution in [-0.4, -0.2) is 37.1 Å². The molecule has 30 heavy (non-hydrogen) atoms. The highest BCUT2D eigenvalue weighted by molar-refractivity contribution is 5.91. The van der Waals surface area contributed by atoms with Gasteiger partial charge in [-0.2, -0.15) is 0 Å². The summed E-state index contributed by atoms with van der Waals surface area (Å²) in [6.45, 7) is 6.52. The third-order valence-corrected chi connectivity index (χ3v) is 7.33. The molecule has 3 N–H and O–H groups in total. The number of carbonyl (C=O) groups is 2. The molecule has 0 spiro atoms. The zero-order valence-corrected chi connectivity index (χ0v) is 18.4. The van der Waals surface area contributed by atoms with Gasteiger partial charge in [0.15, 0.2) is 0 Å². The molecule has 4 bridgehead atoms. The summed E-state index contributed by atoms with van der Waals surface area (Å²) in [5.74, 6) is 2.32. The third kappa shape index (κ3) is 4.73. The van der Waals surface area contributed by atoms with Crippen molar-refractivity contribution in [2.24, 2.45) is 17.8 Å². The molecule has 0 heterocycles. The topological polar surface area (TPSA) is 73.5 Å². The zero-order valence-electron chi connectivity index (χ0n) is 18.4. The van der Waals surface area contributed by atoms with Gasteiger partial charge < -0.3 is 20.9 Å². The number of nitrogens with zero attached hydrogens (tertiary/aromatic N) is 1. The molecule has 6 heteroatoms. The molecule has 1 aromatic carbocycles. The van der Waals surface area contributed by atoms with Gasteiger partial charge in [-0.05, 0) is 94.4 Å². The van der Waals surface area contributed by atoms with E-state index in [-0.39, 0.29) is 23.9 Å². The number of rotatable bonds is 8. The highest BCUT2D eigenvalue weighted by Crippen LogP contribution is 2.55. The van der Waals surface area contributed by atoms with Crippen LogP contribution in [0.3, 0.4) is 0 Å². The fourth-order valence-corrected chi connectivity index (χ4v) is 6.41. The van der Waals surface area contributed by atoms with Gasteiger partial charge in [0.25, 0.3) is 0 Å². The number of carbonyl (C=O) groups excluding carboxylic acids is 2. The number of nitrogens with one attached hydrogen (secondary N) is 3. The van der Waals surface area contributed by atoms with Gasteiger partial charge in [-0.1, -0.05) is 0 Å². The van der Waals surface area contributed by atoms with Crippen LogP contribution in [0.1, 0.15) is 58.8 Å². The molecule has 164 valence electrons. The van der Waals surface area contributed by atoms with Crippen LogP contribution in [0.25, 0.3) is 0 Å². The van der Waals surface area contributed by atoms with Crippen molar-refractivity contribution in [1.29, 1.82) is 0 Å². The maximum atomic E-state index is 12.5. The predicted molar refractivity (Wildman–Crippen MR) is 121 cm³/mol. The van der Waals surface area contributed by atoms with Crippen LogP contribution in [0.2, 0.25) is 0 Å². The van der Waals surface area contributed by atoms with Crippen LogP contribution in [0.4, 0.5) is 16.2 Å². The number of benzene rings is 1. The molecule has 4 saturated carbocycles. The van der Waals surface area contributed by atoms with E-state index >= 15 is 0 Å². The Kier molecular flexibility index (Phi) is 6.21. The lowest BCUT2D eigenvalue weighted by atomic mass is 9.53. The van der Waals surface area contributed by atoms with Crippen LogP contribution >= 0.6 is 0 Å². The lowest BCUT2D eigenvalue weighted by Gasteiger charge is -2.56. The number of amides is 3. The Morgan fingerprint density at radius 3 is 2.07 bits per heavy atom. The summed E-state index contributed by atoms with van der Waals surface area (Å²) in [6, 6.07) is 7.80. The summed E-state index contributed by atoms with van der Waals surface area (Å²) in [5.41, 5.74) is 1.95. The van der Waals surface area contributed by atoms with Gasteiger partial charge in [-0.3, -0.25) is 4.79 Å². The van der Waals surface area contributed by atoms with Crippen molar-refractivity contribution < 1.29 is 9.59 Å². The highest BCUT2D eigenvalue weighted by Gasteiger charge is 2.51. The largest absolute Gasteiger partial charge is 0.372 e.